The van der Waals surface area contributed by atoms with Gasteiger partial charge in [0.15, 0.2) is 5.69 Å². The molecule has 100 valence electrons. The van der Waals surface area contributed by atoms with E-state index in [9.17, 15) is 4.79 Å². The molecule has 0 spiro atoms. The number of benzene rings is 1. The Bertz CT molecular complexity index is 593. The molecule has 1 aromatic carbocycles. The standard InChI is InChI=1S/C13H15N3O3/c1-3-19-10-6-4-5-9(7-10)16-8-15-11(12(16)14)13(17)18-2/h4-8H,3,14H2,1-2H3. The third-order valence-corrected chi connectivity index (χ3v) is 2.59. The highest BCUT2D eigenvalue weighted by atomic mass is 16.5. The van der Waals surface area contributed by atoms with Gasteiger partial charge in [-0.15, -0.1) is 0 Å². The van der Waals surface area contributed by atoms with Gasteiger partial charge in [0, 0.05) is 6.07 Å². The number of carbonyl (C=O) groups excluding carboxylic acids is 1. The Morgan fingerprint density at radius 3 is 2.95 bits per heavy atom. The molecular formula is C13H15N3O3. The number of hydrogen-bond acceptors (Lipinski definition) is 5. The van der Waals surface area contributed by atoms with Gasteiger partial charge in [-0.05, 0) is 19.1 Å². The van der Waals surface area contributed by atoms with Gasteiger partial charge in [0.2, 0.25) is 0 Å². The largest absolute Gasteiger partial charge is 0.494 e. The molecule has 0 fully saturated rings. The van der Waals surface area contributed by atoms with Gasteiger partial charge in [0.05, 0.1) is 19.4 Å². The van der Waals surface area contributed by atoms with Crippen LogP contribution in [0.4, 0.5) is 5.82 Å². The van der Waals surface area contributed by atoms with E-state index in [1.165, 1.54) is 13.4 Å². The number of nitrogens with two attached hydrogens (primary N) is 1. The van der Waals surface area contributed by atoms with Gasteiger partial charge in [-0.25, -0.2) is 9.78 Å². The van der Waals surface area contributed by atoms with Gasteiger partial charge < -0.3 is 15.2 Å². The molecule has 0 radical (unpaired) electrons. The van der Waals surface area contributed by atoms with Crippen LogP contribution in [0.1, 0.15) is 17.4 Å². The summed E-state index contributed by atoms with van der Waals surface area (Å²) in [7, 11) is 1.29. The van der Waals surface area contributed by atoms with E-state index in [2.05, 4.69) is 9.72 Å². The maximum atomic E-state index is 11.4. The lowest BCUT2D eigenvalue weighted by Gasteiger charge is -2.08. The van der Waals surface area contributed by atoms with Gasteiger partial charge in [-0.1, -0.05) is 6.07 Å². The normalized spacial score (nSPS) is 10.2. The number of esters is 1. The van der Waals surface area contributed by atoms with Crippen molar-refractivity contribution in [2.75, 3.05) is 19.5 Å². The van der Waals surface area contributed by atoms with E-state index in [0.29, 0.717) is 6.61 Å². The maximum Gasteiger partial charge on any atom is 0.360 e. The number of methoxy groups -OCH3 is 1. The number of carbonyl (C=O) groups is 1. The van der Waals surface area contributed by atoms with Gasteiger partial charge in [0.25, 0.3) is 0 Å². The smallest absolute Gasteiger partial charge is 0.360 e. The summed E-state index contributed by atoms with van der Waals surface area (Å²) in [6, 6.07) is 7.36. The number of imidazole rings is 1. The second-order valence-corrected chi connectivity index (χ2v) is 3.77. The molecule has 0 amide bonds. The minimum absolute atomic E-state index is 0.101. The van der Waals surface area contributed by atoms with E-state index in [4.69, 9.17) is 10.5 Å². The fourth-order valence-electron chi connectivity index (χ4n) is 1.71. The van der Waals surface area contributed by atoms with Crippen LogP contribution in [0.15, 0.2) is 30.6 Å². The van der Waals surface area contributed by atoms with Crippen molar-refractivity contribution in [2.45, 2.75) is 6.92 Å². The molecule has 1 aromatic heterocycles. The molecule has 2 aromatic rings. The molecule has 0 aliphatic heterocycles. The summed E-state index contributed by atoms with van der Waals surface area (Å²) in [5.41, 5.74) is 6.77. The number of hydrogen-bond donors (Lipinski definition) is 1. The first-order valence-electron chi connectivity index (χ1n) is 5.81. The monoisotopic (exact) mass is 261 g/mol. The summed E-state index contributed by atoms with van der Waals surface area (Å²) < 4.78 is 11.6. The zero-order valence-electron chi connectivity index (χ0n) is 10.8. The Labute approximate surface area is 110 Å². The van der Waals surface area contributed by atoms with Gasteiger partial charge >= 0.3 is 5.97 Å². The lowest BCUT2D eigenvalue weighted by Crippen LogP contribution is -2.07. The predicted octanol–water partition coefficient (Wildman–Crippen LogP) is 1.64. The van der Waals surface area contributed by atoms with Crippen LogP contribution in [-0.4, -0.2) is 29.2 Å². The lowest BCUT2D eigenvalue weighted by molar-refractivity contribution is 0.0596. The first-order chi connectivity index (χ1) is 9.17. The van der Waals surface area contributed by atoms with Crippen LogP contribution in [0, 0.1) is 0 Å². The van der Waals surface area contributed by atoms with Crippen molar-refractivity contribution in [3.63, 3.8) is 0 Å². The Kier molecular flexibility index (Phi) is 3.70. The average Bonchev–Trinajstić information content (AvgIpc) is 2.80. The third-order valence-electron chi connectivity index (χ3n) is 2.59. The number of ether oxygens (including phenoxy) is 2. The summed E-state index contributed by atoms with van der Waals surface area (Å²) in [6.45, 7) is 2.49. The van der Waals surface area contributed by atoms with Crippen LogP contribution >= 0.6 is 0 Å². The Morgan fingerprint density at radius 2 is 2.26 bits per heavy atom. The molecule has 6 nitrogen and oxygen atoms in total. The molecule has 0 aliphatic carbocycles. The number of nitrogens with zero attached hydrogens (tertiary/aromatic N) is 2. The highest BCUT2D eigenvalue weighted by Crippen LogP contribution is 2.21. The summed E-state index contributed by atoms with van der Waals surface area (Å²) in [4.78, 5) is 15.4. The minimum atomic E-state index is -0.558. The first-order valence-corrected chi connectivity index (χ1v) is 5.81. The molecule has 2 N–H and O–H groups in total. The molecule has 1 heterocycles. The quantitative estimate of drug-likeness (QED) is 0.846. The molecular weight excluding hydrogens is 246 g/mol. The summed E-state index contributed by atoms with van der Waals surface area (Å²) in [6.07, 6.45) is 1.48. The van der Waals surface area contributed by atoms with Crippen molar-refractivity contribution in [1.82, 2.24) is 9.55 Å². The maximum absolute atomic E-state index is 11.4. The van der Waals surface area contributed by atoms with Crippen LogP contribution in [-0.2, 0) is 4.74 Å². The molecule has 6 heteroatoms. The number of rotatable bonds is 4. The van der Waals surface area contributed by atoms with Gasteiger partial charge in [0.1, 0.15) is 17.9 Å². The van der Waals surface area contributed by atoms with Gasteiger partial charge in [-0.3, -0.25) is 4.57 Å². The highest BCUT2D eigenvalue weighted by Gasteiger charge is 2.16. The molecule has 0 saturated carbocycles. The van der Waals surface area contributed by atoms with Crippen molar-refractivity contribution in [3.8, 4) is 11.4 Å². The van der Waals surface area contributed by atoms with Crippen molar-refractivity contribution in [1.29, 1.82) is 0 Å². The van der Waals surface area contributed by atoms with E-state index < -0.39 is 5.97 Å². The van der Waals surface area contributed by atoms with Crippen molar-refractivity contribution in [2.24, 2.45) is 0 Å². The van der Waals surface area contributed by atoms with Crippen LogP contribution in [0.5, 0.6) is 5.75 Å². The van der Waals surface area contributed by atoms with E-state index >= 15 is 0 Å². The van der Waals surface area contributed by atoms with Crippen molar-refractivity contribution in [3.05, 3.63) is 36.3 Å². The van der Waals surface area contributed by atoms with Crippen LogP contribution < -0.4 is 10.5 Å². The van der Waals surface area contributed by atoms with E-state index in [1.807, 2.05) is 31.2 Å². The second kappa shape index (κ2) is 5.43. The average molecular weight is 261 g/mol. The Balaban J connectivity index is 2.39. The highest BCUT2D eigenvalue weighted by molar-refractivity contribution is 5.92. The zero-order chi connectivity index (χ0) is 13.8. The predicted molar refractivity (Wildman–Crippen MR) is 70.5 cm³/mol. The molecule has 0 saturated heterocycles. The SMILES string of the molecule is CCOc1cccc(-n2cnc(C(=O)OC)c2N)c1. The minimum Gasteiger partial charge on any atom is -0.494 e. The van der Waals surface area contributed by atoms with Crippen molar-refractivity contribution >= 4 is 11.8 Å². The van der Waals surface area contributed by atoms with Crippen LogP contribution in [0.3, 0.4) is 0 Å². The van der Waals surface area contributed by atoms with Gasteiger partial charge in [-0.2, -0.15) is 0 Å². The molecule has 0 bridgehead atoms. The van der Waals surface area contributed by atoms with E-state index in [0.717, 1.165) is 11.4 Å². The summed E-state index contributed by atoms with van der Waals surface area (Å²) in [5, 5.41) is 0. The summed E-state index contributed by atoms with van der Waals surface area (Å²) >= 11 is 0. The Morgan fingerprint density at radius 1 is 1.47 bits per heavy atom. The lowest BCUT2D eigenvalue weighted by atomic mass is 10.3. The van der Waals surface area contributed by atoms with E-state index in [1.54, 1.807) is 4.57 Å². The topological polar surface area (TPSA) is 79.4 Å². The molecule has 0 unspecified atom stereocenters. The third kappa shape index (κ3) is 2.52. The van der Waals surface area contributed by atoms with E-state index in [-0.39, 0.29) is 11.5 Å². The molecule has 2 rings (SSSR count). The second-order valence-electron chi connectivity index (χ2n) is 3.77. The number of anilines is 1. The Hall–Kier alpha value is -2.50. The van der Waals surface area contributed by atoms with Crippen LogP contribution in [0.25, 0.3) is 5.69 Å². The molecule has 19 heavy (non-hydrogen) atoms. The first kappa shape index (κ1) is 12.9. The number of aromatic nitrogens is 2. The van der Waals surface area contributed by atoms with Crippen molar-refractivity contribution < 1.29 is 14.3 Å². The fraction of sp³-hybridized carbons (Fsp3) is 0.231. The molecule has 0 atom stereocenters. The zero-order valence-corrected chi connectivity index (χ0v) is 10.8. The number of nitrogen functional groups attached to an aromatic ring is 1. The molecule has 0 aliphatic rings. The summed E-state index contributed by atoms with van der Waals surface area (Å²) in [5.74, 6) is 0.408. The fourth-order valence-corrected chi connectivity index (χ4v) is 1.71. The van der Waals surface area contributed by atoms with Crippen LogP contribution in [0.2, 0.25) is 0 Å².